The summed E-state index contributed by atoms with van der Waals surface area (Å²) in [5.74, 6) is 0.633. The normalized spacial score (nSPS) is 10.4. The maximum Gasteiger partial charge on any atom is 0.225 e. The third-order valence-electron chi connectivity index (χ3n) is 3.41. The molecule has 0 spiro atoms. The van der Waals surface area contributed by atoms with Gasteiger partial charge in [0.25, 0.3) is 0 Å². The van der Waals surface area contributed by atoms with Gasteiger partial charge in [0.15, 0.2) is 0 Å². The molecule has 0 saturated carbocycles. The molecule has 1 aromatic carbocycles. The molecule has 0 atom stereocenters. The number of anilines is 2. The number of aryl methyl sites for hydroxylation is 3. The fourth-order valence-corrected chi connectivity index (χ4v) is 2.18. The second-order valence-electron chi connectivity index (χ2n) is 5.50. The van der Waals surface area contributed by atoms with E-state index in [0.29, 0.717) is 18.1 Å². The Bertz CT molecular complexity index is 630. The molecular weight excluding hydrogens is 276 g/mol. The molecule has 5 heteroatoms. The third-order valence-corrected chi connectivity index (χ3v) is 3.41. The van der Waals surface area contributed by atoms with E-state index in [0.717, 1.165) is 23.4 Å². The van der Waals surface area contributed by atoms with Gasteiger partial charge in [-0.1, -0.05) is 30.3 Å². The van der Waals surface area contributed by atoms with Crippen molar-refractivity contribution in [1.29, 1.82) is 0 Å². The standard InChI is InChI=1S/C17H22N4O/c1-12-16(13(2)19-17(18-12)21(3)4)20-15(22)11-10-14-8-6-5-7-9-14/h5-9H,10-11H2,1-4H3,(H,20,22). The minimum Gasteiger partial charge on any atom is -0.347 e. The Kier molecular flexibility index (Phi) is 5.09. The lowest BCUT2D eigenvalue weighted by molar-refractivity contribution is -0.116. The number of benzene rings is 1. The van der Waals surface area contributed by atoms with E-state index in [1.807, 2.05) is 63.2 Å². The fourth-order valence-electron chi connectivity index (χ4n) is 2.18. The summed E-state index contributed by atoms with van der Waals surface area (Å²) in [6.07, 6.45) is 1.17. The van der Waals surface area contributed by atoms with Crippen LogP contribution < -0.4 is 10.2 Å². The van der Waals surface area contributed by atoms with Crippen LogP contribution in [0.1, 0.15) is 23.4 Å². The zero-order valence-corrected chi connectivity index (χ0v) is 13.6. The van der Waals surface area contributed by atoms with Crippen molar-refractivity contribution >= 4 is 17.5 Å². The van der Waals surface area contributed by atoms with Crippen LogP contribution in [0.25, 0.3) is 0 Å². The van der Waals surface area contributed by atoms with Gasteiger partial charge >= 0.3 is 0 Å². The van der Waals surface area contributed by atoms with Crippen molar-refractivity contribution in [3.8, 4) is 0 Å². The van der Waals surface area contributed by atoms with Crippen molar-refractivity contribution in [2.45, 2.75) is 26.7 Å². The van der Waals surface area contributed by atoms with Crippen molar-refractivity contribution in [2.75, 3.05) is 24.3 Å². The summed E-state index contributed by atoms with van der Waals surface area (Å²) in [6.45, 7) is 3.77. The maximum atomic E-state index is 12.1. The topological polar surface area (TPSA) is 58.1 Å². The molecule has 22 heavy (non-hydrogen) atoms. The second-order valence-corrected chi connectivity index (χ2v) is 5.50. The van der Waals surface area contributed by atoms with Gasteiger partial charge in [-0.15, -0.1) is 0 Å². The molecule has 0 aliphatic rings. The Morgan fingerprint density at radius 3 is 2.23 bits per heavy atom. The average molecular weight is 298 g/mol. The summed E-state index contributed by atoms with van der Waals surface area (Å²) < 4.78 is 0. The molecule has 1 heterocycles. The van der Waals surface area contributed by atoms with Crippen molar-refractivity contribution in [1.82, 2.24) is 9.97 Å². The molecule has 2 rings (SSSR count). The molecule has 5 nitrogen and oxygen atoms in total. The smallest absolute Gasteiger partial charge is 0.225 e. The maximum absolute atomic E-state index is 12.1. The minimum atomic E-state index is -0.0174. The number of hydrogen-bond acceptors (Lipinski definition) is 4. The van der Waals surface area contributed by atoms with E-state index < -0.39 is 0 Å². The highest BCUT2D eigenvalue weighted by molar-refractivity contribution is 5.92. The van der Waals surface area contributed by atoms with Crippen LogP contribution in [0.15, 0.2) is 30.3 Å². The number of aromatic nitrogens is 2. The molecule has 0 saturated heterocycles. The number of carbonyl (C=O) groups excluding carboxylic acids is 1. The highest BCUT2D eigenvalue weighted by Crippen LogP contribution is 2.19. The quantitative estimate of drug-likeness (QED) is 0.922. The number of amides is 1. The monoisotopic (exact) mass is 298 g/mol. The van der Waals surface area contributed by atoms with Gasteiger partial charge in [-0.25, -0.2) is 9.97 Å². The molecule has 0 fully saturated rings. The van der Waals surface area contributed by atoms with Crippen LogP contribution in [0, 0.1) is 13.8 Å². The first kappa shape index (κ1) is 15.9. The number of rotatable bonds is 5. The van der Waals surface area contributed by atoms with E-state index in [-0.39, 0.29) is 5.91 Å². The molecule has 0 unspecified atom stereocenters. The summed E-state index contributed by atoms with van der Waals surface area (Å²) >= 11 is 0. The molecular formula is C17H22N4O. The van der Waals surface area contributed by atoms with E-state index in [1.165, 1.54) is 0 Å². The van der Waals surface area contributed by atoms with Crippen molar-refractivity contribution in [2.24, 2.45) is 0 Å². The van der Waals surface area contributed by atoms with E-state index in [9.17, 15) is 4.79 Å². The second kappa shape index (κ2) is 7.02. The Balaban J connectivity index is 2.02. The van der Waals surface area contributed by atoms with Gasteiger partial charge in [-0.2, -0.15) is 0 Å². The van der Waals surface area contributed by atoms with Gasteiger partial charge in [0.2, 0.25) is 11.9 Å². The van der Waals surface area contributed by atoms with Crippen LogP contribution in [-0.2, 0) is 11.2 Å². The summed E-state index contributed by atoms with van der Waals surface area (Å²) in [5, 5.41) is 2.93. The zero-order valence-electron chi connectivity index (χ0n) is 13.6. The Morgan fingerprint density at radius 2 is 1.68 bits per heavy atom. The number of nitrogens with zero attached hydrogens (tertiary/aromatic N) is 3. The zero-order chi connectivity index (χ0) is 16.1. The Morgan fingerprint density at radius 1 is 1.09 bits per heavy atom. The molecule has 0 radical (unpaired) electrons. The van der Waals surface area contributed by atoms with Crippen LogP contribution in [-0.4, -0.2) is 30.0 Å². The van der Waals surface area contributed by atoms with Gasteiger partial charge < -0.3 is 10.2 Å². The number of hydrogen-bond donors (Lipinski definition) is 1. The van der Waals surface area contributed by atoms with Gasteiger partial charge in [0, 0.05) is 20.5 Å². The lowest BCUT2D eigenvalue weighted by Crippen LogP contribution is -2.18. The first-order valence-electron chi connectivity index (χ1n) is 7.33. The molecule has 0 aliphatic heterocycles. The number of carbonyl (C=O) groups is 1. The SMILES string of the molecule is Cc1nc(N(C)C)nc(C)c1NC(=O)CCc1ccccc1. The van der Waals surface area contributed by atoms with E-state index in [2.05, 4.69) is 15.3 Å². The van der Waals surface area contributed by atoms with Crippen LogP contribution in [0.3, 0.4) is 0 Å². The third kappa shape index (κ3) is 4.04. The lowest BCUT2D eigenvalue weighted by atomic mass is 10.1. The molecule has 1 aromatic heterocycles. The van der Waals surface area contributed by atoms with Gasteiger partial charge in [0.05, 0.1) is 17.1 Å². The van der Waals surface area contributed by atoms with Crippen LogP contribution in [0.5, 0.6) is 0 Å². The minimum absolute atomic E-state index is 0.0174. The lowest BCUT2D eigenvalue weighted by Gasteiger charge is -2.15. The molecule has 1 amide bonds. The van der Waals surface area contributed by atoms with Crippen molar-refractivity contribution in [3.05, 3.63) is 47.3 Å². The summed E-state index contributed by atoms with van der Waals surface area (Å²) in [4.78, 5) is 22.8. The first-order chi connectivity index (χ1) is 10.5. The Hall–Kier alpha value is -2.43. The predicted octanol–water partition coefficient (Wildman–Crippen LogP) is 2.73. The van der Waals surface area contributed by atoms with Crippen molar-refractivity contribution in [3.63, 3.8) is 0 Å². The molecule has 116 valence electrons. The molecule has 1 N–H and O–H groups in total. The predicted molar refractivity (Wildman–Crippen MR) is 89.2 cm³/mol. The van der Waals surface area contributed by atoms with E-state index in [4.69, 9.17) is 0 Å². The van der Waals surface area contributed by atoms with Crippen LogP contribution in [0.2, 0.25) is 0 Å². The van der Waals surface area contributed by atoms with E-state index in [1.54, 1.807) is 0 Å². The largest absolute Gasteiger partial charge is 0.347 e. The van der Waals surface area contributed by atoms with E-state index >= 15 is 0 Å². The molecule has 0 bridgehead atoms. The average Bonchev–Trinajstić information content (AvgIpc) is 2.49. The highest BCUT2D eigenvalue weighted by atomic mass is 16.1. The first-order valence-corrected chi connectivity index (χ1v) is 7.33. The van der Waals surface area contributed by atoms with Crippen molar-refractivity contribution < 1.29 is 4.79 Å². The summed E-state index contributed by atoms with van der Waals surface area (Å²) in [6, 6.07) is 9.99. The summed E-state index contributed by atoms with van der Waals surface area (Å²) in [7, 11) is 3.79. The highest BCUT2D eigenvalue weighted by Gasteiger charge is 2.12. The molecule has 0 aliphatic carbocycles. The molecule has 2 aromatic rings. The van der Waals surface area contributed by atoms with Crippen LogP contribution in [0.4, 0.5) is 11.6 Å². The summed E-state index contributed by atoms with van der Waals surface area (Å²) in [5.41, 5.74) is 3.43. The van der Waals surface area contributed by atoms with Gasteiger partial charge in [0.1, 0.15) is 0 Å². The number of nitrogens with one attached hydrogen (secondary N) is 1. The van der Waals surface area contributed by atoms with Gasteiger partial charge in [-0.3, -0.25) is 4.79 Å². The Labute approximate surface area is 131 Å². The van der Waals surface area contributed by atoms with Crippen LogP contribution >= 0.6 is 0 Å². The van der Waals surface area contributed by atoms with Gasteiger partial charge in [-0.05, 0) is 25.8 Å². The fraction of sp³-hybridized carbons (Fsp3) is 0.353.